The summed E-state index contributed by atoms with van der Waals surface area (Å²) in [4.78, 5) is 41.7. The summed E-state index contributed by atoms with van der Waals surface area (Å²) in [6, 6.07) is 8.88. The van der Waals surface area contributed by atoms with Crippen LogP contribution in [0.2, 0.25) is 0 Å². The molecule has 2 aliphatic rings. The van der Waals surface area contributed by atoms with Gasteiger partial charge in [-0.3, -0.25) is 19.4 Å². The van der Waals surface area contributed by atoms with E-state index in [4.69, 9.17) is 0 Å². The fraction of sp³-hybridized carbons (Fsp3) is 0.500. The molecule has 3 rings (SSSR count). The highest BCUT2D eigenvalue weighted by atomic mass is 16.2. The quantitative estimate of drug-likeness (QED) is 0.796. The first-order valence-corrected chi connectivity index (χ1v) is 8.58. The lowest BCUT2D eigenvalue weighted by atomic mass is 10.00. The number of likely N-dealkylation sites (tertiary alicyclic amines) is 1. The van der Waals surface area contributed by atoms with Crippen molar-refractivity contribution in [2.45, 2.75) is 38.6 Å². The smallest absolute Gasteiger partial charge is 0.332 e. The van der Waals surface area contributed by atoms with Gasteiger partial charge in [0.05, 0.1) is 0 Å². The van der Waals surface area contributed by atoms with Gasteiger partial charge in [-0.15, -0.1) is 0 Å². The number of hydrogen-bond acceptors (Lipinski definition) is 3. The van der Waals surface area contributed by atoms with Gasteiger partial charge in [0, 0.05) is 18.3 Å². The normalized spacial score (nSPS) is 21.5. The van der Waals surface area contributed by atoms with E-state index < -0.39 is 6.03 Å². The number of carbonyl (C=O) groups excluding carboxylic acids is 3. The van der Waals surface area contributed by atoms with Gasteiger partial charge in [-0.05, 0) is 37.8 Å². The van der Waals surface area contributed by atoms with Gasteiger partial charge in [0.15, 0.2) is 0 Å². The zero-order chi connectivity index (χ0) is 17.1. The van der Waals surface area contributed by atoms with Gasteiger partial charge in [0.25, 0.3) is 5.91 Å². The van der Waals surface area contributed by atoms with Crippen molar-refractivity contribution in [3.05, 3.63) is 30.3 Å². The molecule has 2 saturated heterocycles. The Balaban J connectivity index is 1.69. The second kappa shape index (κ2) is 7.03. The summed E-state index contributed by atoms with van der Waals surface area (Å²) in [7, 11) is 0. The molecule has 0 saturated carbocycles. The van der Waals surface area contributed by atoms with Crippen LogP contribution in [-0.4, -0.2) is 53.3 Å². The minimum Gasteiger partial charge on any atom is -0.338 e. The van der Waals surface area contributed by atoms with E-state index in [1.54, 1.807) is 12.1 Å². The van der Waals surface area contributed by atoms with Crippen molar-refractivity contribution < 1.29 is 14.4 Å². The summed E-state index contributed by atoms with van der Waals surface area (Å²) < 4.78 is 0. The zero-order valence-corrected chi connectivity index (χ0v) is 14.0. The van der Waals surface area contributed by atoms with Gasteiger partial charge < -0.3 is 4.90 Å². The third-order valence-corrected chi connectivity index (χ3v) is 4.84. The number of rotatable bonds is 4. The average Bonchev–Trinajstić information content (AvgIpc) is 2.90. The average molecular weight is 329 g/mol. The van der Waals surface area contributed by atoms with Crippen molar-refractivity contribution >= 4 is 23.5 Å². The van der Waals surface area contributed by atoms with Crippen LogP contribution in [0.4, 0.5) is 10.5 Å². The van der Waals surface area contributed by atoms with Crippen molar-refractivity contribution in [1.82, 2.24) is 9.80 Å². The zero-order valence-electron chi connectivity index (χ0n) is 14.0. The van der Waals surface area contributed by atoms with Crippen LogP contribution in [0, 0.1) is 0 Å². The first kappa shape index (κ1) is 16.5. The Hall–Kier alpha value is -2.37. The van der Waals surface area contributed by atoms with Gasteiger partial charge in [0.1, 0.15) is 13.1 Å². The molecule has 1 aromatic rings. The van der Waals surface area contributed by atoms with Crippen molar-refractivity contribution in [1.29, 1.82) is 0 Å². The third-order valence-electron chi connectivity index (χ3n) is 4.84. The van der Waals surface area contributed by atoms with E-state index in [0.717, 1.165) is 37.1 Å². The molecule has 4 amide bonds. The molecular weight excluding hydrogens is 306 g/mol. The molecule has 1 atom stereocenters. The maximum atomic E-state index is 12.6. The fourth-order valence-corrected chi connectivity index (χ4v) is 3.49. The lowest BCUT2D eigenvalue weighted by Gasteiger charge is -2.36. The molecule has 2 heterocycles. The number of anilines is 1. The molecule has 0 aliphatic carbocycles. The number of amides is 4. The molecule has 0 bridgehead atoms. The molecular formula is C18H23N3O3. The molecule has 0 aromatic heterocycles. The monoisotopic (exact) mass is 329 g/mol. The Labute approximate surface area is 142 Å². The largest absolute Gasteiger partial charge is 0.338 e. The van der Waals surface area contributed by atoms with Gasteiger partial charge >= 0.3 is 6.03 Å². The second-order valence-electron chi connectivity index (χ2n) is 6.33. The summed E-state index contributed by atoms with van der Waals surface area (Å²) in [6.45, 7) is 2.63. The first-order valence-electron chi connectivity index (χ1n) is 8.58. The molecule has 2 fully saturated rings. The van der Waals surface area contributed by atoms with Crippen LogP contribution in [0.5, 0.6) is 0 Å². The summed E-state index contributed by atoms with van der Waals surface area (Å²) in [5, 5.41) is 0. The van der Waals surface area contributed by atoms with Crippen LogP contribution >= 0.6 is 0 Å². The van der Waals surface area contributed by atoms with Gasteiger partial charge in [-0.25, -0.2) is 4.79 Å². The van der Waals surface area contributed by atoms with E-state index >= 15 is 0 Å². The molecule has 1 unspecified atom stereocenters. The molecule has 128 valence electrons. The molecule has 1 aromatic carbocycles. The molecule has 24 heavy (non-hydrogen) atoms. The van der Waals surface area contributed by atoms with Crippen LogP contribution in [-0.2, 0) is 9.59 Å². The van der Waals surface area contributed by atoms with Crippen molar-refractivity contribution in [3.8, 4) is 0 Å². The Kier molecular flexibility index (Phi) is 4.83. The third kappa shape index (κ3) is 3.13. The number of nitrogens with zero attached hydrogens (tertiary/aromatic N) is 3. The van der Waals surface area contributed by atoms with E-state index in [2.05, 4.69) is 6.92 Å². The van der Waals surface area contributed by atoms with Crippen LogP contribution in [0.25, 0.3) is 0 Å². The minimum absolute atomic E-state index is 0.00661. The number of benzene rings is 1. The molecule has 2 aliphatic heterocycles. The number of piperidine rings is 1. The Morgan fingerprint density at radius 1 is 1.17 bits per heavy atom. The van der Waals surface area contributed by atoms with Crippen LogP contribution < -0.4 is 4.90 Å². The van der Waals surface area contributed by atoms with Gasteiger partial charge in [0.2, 0.25) is 5.91 Å². The highest BCUT2D eigenvalue weighted by Gasteiger charge is 2.39. The lowest BCUT2D eigenvalue weighted by molar-refractivity contribution is -0.139. The van der Waals surface area contributed by atoms with Crippen molar-refractivity contribution in [2.24, 2.45) is 0 Å². The van der Waals surface area contributed by atoms with E-state index in [1.807, 2.05) is 23.1 Å². The summed E-state index contributed by atoms with van der Waals surface area (Å²) >= 11 is 0. The number of para-hydroxylation sites is 1. The van der Waals surface area contributed by atoms with Crippen LogP contribution in [0.3, 0.4) is 0 Å². The summed E-state index contributed by atoms with van der Waals surface area (Å²) in [6.07, 6.45) is 4.02. The minimum atomic E-state index is -0.412. The van der Waals surface area contributed by atoms with Crippen molar-refractivity contribution in [3.63, 3.8) is 0 Å². The summed E-state index contributed by atoms with van der Waals surface area (Å²) in [5.41, 5.74) is 0.676. The predicted molar refractivity (Wildman–Crippen MR) is 90.5 cm³/mol. The van der Waals surface area contributed by atoms with Crippen molar-refractivity contribution in [2.75, 3.05) is 24.5 Å². The molecule has 0 N–H and O–H groups in total. The summed E-state index contributed by atoms with van der Waals surface area (Å²) in [5.74, 6) is -0.444. The van der Waals surface area contributed by atoms with E-state index in [1.165, 1.54) is 4.90 Å². The fourth-order valence-electron chi connectivity index (χ4n) is 3.49. The van der Waals surface area contributed by atoms with E-state index in [9.17, 15) is 14.4 Å². The second-order valence-corrected chi connectivity index (χ2v) is 6.33. The number of imide groups is 1. The van der Waals surface area contributed by atoms with Crippen LogP contribution in [0.15, 0.2) is 30.3 Å². The maximum Gasteiger partial charge on any atom is 0.332 e. The molecule has 0 radical (unpaired) electrons. The number of carbonyl (C=O) groups is 3. The number of urea groups is 1. The predicted octanol–water partition coefficient (Wildman–Crippen LogP) is 2.25. The Morgan fingerprint density at radius 2 is 1.92 bits per heavy atom. The SMILES string of the molecule is CCC1CCCCN1C(=O)CN1C(=O)CN(c2ccccc2)C1=O. The van der Waals surface area contributed by atoms with Crippen LogP contribution in [0.1, 0.15) is 32.6 Å². The number of hydrogen-bond donors (Lipinski definition) is 0. The van der Waals surface area contributed by atoms with Gasteiger partial charge in [-0.2, -0.15) is 0 Å². The first-order chi connectivity index (χ1) is 11.6. The van der Waals surface area contributed by atoms with E-state index in [0.29, 0.717) is 5.69 Å². The molecule has 6 heteroatoms. The highest BCUT2D eigenvalue weighted by molar-refractivity contribution is 6.13. The Morgan fingerprint density at radius 3 is 2.62 bits per heavy atom. The maximum absolute atomic E-state index is 12.6. The van der Waals surface area contributed by atoms with E-state index in [-0.39, 0.29) is 30.9 Å². The molecule has 6 nitrogen and oxygen atoms in total. The standard InChI is InChI=1S/C18H23N3O3/c1-2-14-8-6-7-11-19(14)16(22)13-21-17(23)12-20(18(21)24)15-9-4-3-5-10-15/h3-5,9-10,14H,2,6-8,11-13H2,1H3. The highest BCUT2D eigenvalue weighted by Crippen LogP contribution is 2.23. The molecule has 0 spiro atoms. The van der Waals surface area contributed by atoms with Gasteiger partial charge in [-0.1, -0.05) is 25.1 Å². The Bertz CT molecular complexity index is 632. The topological polar surface area (TPSA) is 60.9 Å². The lowest BCUT2D eigenvalue weighted by Crippen LogP contribution is -2.49.